The third-order valence-corrected chi connectivity index (χ3v) is 5.32. The molecule has 0 amide bonds. The summed E-state index contributed by atoms with van der Waals surface area (Å²) in [6.45, 7) is 2.30. The number of nitrogens with zero attached hydrogens (tertiary/aromatic N) is 1. The molecular weight excluding hydrogens is 410 g/mol. The molecule has 29 heavy (non-hydrogen) atoms. The predicted molar refractivity (Wildman–Crippen MR) is 116 cm³/mol. The molecule has 6 heteroatoms. The van der Waals surface area contributed by atoms with Gasteiger partial charge >= 0.3 is 0 Å². The first-order valence-corrected chi connectivity index (χ1v) is 10.1. The van der Waals surface area contributed by atoms with Crippen molar-refractivity contribution >= 4 is 29.0 Å². The Hall–Kier alpha value is -2.56. The molecule has 3 aromatic rings. The number of ether oxygens (including phenoxy) is 1. The molecule has 0 aromatic heterocycles. The van der Waals surface area contributed by atoms with Crippen molar-refractivity contribution in [2.45, 2.75) is 19.0 Å². The topological polar surface area (TPSA) is 33.6 Å². The van der Waals surface area contributed by atoms with Crippen molar-refractivity contribution in [2.75, 3.05) is 6.61 Å². The zero-order chi connectivity index (χ0) is 20.4. The zero-order valence-corrected chi connectivity index (χ0v) is 17.2. The number of nitrogens with one attached hydrogen (secondary N) is 1. The van der Waals surface area contributed by atoms with Crippen LogP contribution in [0.15, 0.2) is 71.7 Å². The minimum absolute atomic E-state index is 0.108. The number of hydrogen-bond acceptors (Lipinski definition) is 3. The fourth-order valence-electron chi connectivity index (χ4n) is 3.45. The summed E-state index contributed by atoms with van der Waals surface area (Å²) in [4.78, 5) is 4.94. The van der Waals surface area contributed by atoms with Crippen molar-refractivity contribution in [3.05, 3.63) is 99.3 Å². The van der Waals surface area contributed by atoms with Gasteiger partial charge in [0.2, 0.25) is 0 Å². The number of hydrogen-bond donors (Lipinski definition) is 1. The van der Waals surface area contributed by atoms with Crippen LogP contribution in [0.5, 0.6) is 5.75 Å². The lowest BCUT2D eigenvalue weighted by Gasteiger charge is -2.20. The minimum Gasteiger partial charge on any atom is -0.493 e. The zero-order valence-electron chi connectivity index (χ0n) is 15.7. The van der Waals surface area contributed by atoms with E-state index in [2.05, 4.69) is 5.32 Å². The lowest BCUT2D eigenvalue weighted by atomic mass is 9.95. The Kier molecular flexibility index (Phi) is 5.74. The molecule has 4 rings (SSSR count). The third kappa shape index (κ3) is 4.24. The Morgan fingerprint density at radius 3 is 2.17 bits per heavy atom. The molecule has 0 fully saturated rings. The minimum atomic E-state index is -0.348. The highest BCUT2D eigenvalue weighted by atomic mass is 35.5. The molecule has 1 aliphatic rings. The fourth-order valence-corrected chi connectivity index (χ4v) is 3.71. The quantitative estimate of drug-likeness (QED) is 0.512. The Bertz CT molecular complexity index is 1040. The Labute approximate surface area is 179 Å². The van der Waals surface area contributed by atoms with Gasteiger partial charge in [0, 0.05) is 16.1 Å². The second-order valence-electron chi connectivity index (χ2n) is 6.72. The van der Waals surface area contributed by atoms with Crippen LogP contribution in [0.3, 0.4) is 0 Å². The molecule has 1 heterocycles. The maximum atomic E-state index is 13.8. The smallest absolute Gasteiger partial charge is 0.133 e. The standard InChI is InChI=1S/C23H19Cl2FN2O/c1-2-29-20-13-18(26)11-12-19(20)23-27-21(14-3-7-16(24)8-4-14)22(28-23)15-5-9-17(25)10-6-15/h3-13,21-22H,2H2,1H3,(H,27,28). The molecule has 148 valence electrons. The fraction of sp³-hybridized carbons (Fsp3) is 0.174. The van der Waals surface area contributed by atoms with Gasteiger partial charge in [0.1, 0.15) is 23.4 Å². The molecular formula is C23H19Cl2FN2O. The summed E-state index contributed by atoms with van der Waals surface area (Å²) in [6, 6.07) is 19.5. The van der Waals surface area contributed by atoms with Crippen LogP contribution in [0.4, 0.5) is 4.39 Å². The molecule has 3 nitrogen and oxygen atoms in total. The monoisotopic (exact) mass is 428 g/mol. The van der Waals surface area contributed by atoms with E-state index >= 15 is 0 Å². The average Bonchev–Trinajstić information content (AvgIpc) is 3.14. The van der Waals surface area contributed by atoms with E-state index in [1.165, 1.54) is 12.1 Å². The van der Waals surface area contributed by atoms with Crippen LogP contribution in [-0.2, 0) is 0 Å². The summed E-state index contributed by atoms with van der Waals surface area (Å²) < 4.78 is 19.4. The van der Waals surface area contributed by atoms with Gasteiger partial charge in [-0.05, 0) is 54.4 Å². The summed E-state index contributed by atoms with van der Waals surface area (Å²) in [6.07, 6.45) is 0. The van der Waals surface area contributed by atoms with Gasteiger partial charge in [0.05, 0.1) is 18.2 Å². The Balaban J connectivity index is 1.77. The van der Waals surface area contributed by atoms with E-state index in [0.29, 0.717) is 28.2 Å². The molecule has 0 saturated heterocycles. The summed E-state index contributed by atoms with van der Waals surface area (Å²) >= 11 is 12.1. The molecule has 0 aliphatic carbocycles. The molecule has 2 atom stereocenters. The van der Waals surface area contributed by atoms with Gasteiger partial charge in [-0.2, -0.15) is 0 Å². The number of halogens is 3. The van der Waals surface area contributed by atoms with Gasteiger partial charge in [-0.15, -0.1) is 0 Å². The number of aliphatic imine (C=N–C) groups is 1. The van der Waals surface area contributed by atoms with Crippen molar-refractivity contribution in [3.8, 4) is 5.75 Å². The molecule has 0 radical (unpaired) electrons. The van der Waals surface area contributed by atoms with Crippen LogP contribution in [-0.4, -0.2) is 12.4 Å². The van der Waals surface area contributed by atoms with Gasteiger partial charge in [-0.25, -0.2) is 4.39 Å². The van der Waals surface area contributed by atoms with Crippen LogP contribution in [0, 0.1) is 5.82 Å². The first kappa shape index (κ1) is 19.7. The molecule has 0 saturated carbocycles. The SMILES string of the molecule is CCOc1cc(F)ccc1C1=NC(c2ccc(Cl)cc2)C(c2ccc(Cl)cc2)N1. The van der Waals surface area contributed by atoms with Crippen molar-refractivity contribution in [1.29, 1.82) is 0 Å². The van der Waals surface area contributed by atoms with E-state index < -0.39 is 0 Å². The molecule has 1 N–H and O–H groups in total. The largest absolute Gasteiger partial charge is 0.493 e. The first-order chi connectivity index (χ1) is 14.0. The van der Waals surface area contributed by atoms with E-state index in [4.69, 9.17) is 32.9 Å². The number of rotatable bonds is 5. The van der Waals surface area contributed by atoms with Gasteiger partial charge in [0.25, 0.3) is 0 Å². The lowest BCUT2D eigenvalue weighted by molar-refractivity contribution is 0.337. The van der Waals surface area contributed by atoms with Crippen LogP contribution < -0.4 is 10.1 Å². The van der Waals surface area contributed by atoms with Crippen LogP contribution in [0.25, 0.3) is 0 Å². The first-order valence-electron chi connectivity index (χ1n) is 9.33. The molecule has 2 unspecified atom stereocenters. The van der Waals surface area contributed by atoms with Gasteiger partial charge < -0.3 is 10.1 Å². The molecule has 1 aliphatic heterocycles. The highest BCUT2D eigenvalue weighted by Crippen LogP contribution is 2.38. The predicted octanol–water partition coefficient (Wildman–Crippen LogP) is 6.36. The van der Waals surface area contributed by atoms with Crippen molar-refractivity contribution in [1.82, 2.24) is 5.32 Å². The lowest BCUT2D eigenvalue weighted by Crippen LogP contribution is -2.25. The second-order valence-corrected chi connectivity index (χ2v) is 7.59. The average molecular weight is 429 g/mol. The highest BCUT2D eigenvalue weighted by Gasteiger charge is 2.32. The molecule has 3 aromatic carbocycles. The Morgan fingerprint density at radius 2 is 1.55 bits per heavy atom. The van der Waals surface area contributed by atoms with E-state index in [9.17, 15) is 4.39 Å². The van der Waals surface area contributed by atoms with Crippen molar-refractivity contribution in [3.63, 3.8) is 0 Å². The van der Waals surface area contributed by atoms with Crippen LogP contribution in [0.2, 0.25) is 10.0 Å². The van der Waals surface area contributed by atoms with Gasteiger partial charge in [-0.1, -0.05) is 47.5 Å². The highest BCUT2D eigenvalue weighted by molar-refractivity contribution is 6.30. The van der Waals surface area contributed by atoms with E-state index in [1.54, 1.807) is 6.07 Å². The summed E-state index contributed by atoms with van der Waals surface area (Å²) in [5, 5.41) is 4.84. The summed E-state index contributed by atoms with van der Waals surface area (Å²) in [5.41, 5.74) is 2.80. The summed E-state index contributed by atoms with van der Waals surface area (Å²) in [5.74, 6) is 0.776. The maximum absolute atomic E-state index is 13.8. The van der Waals surface area contributed by atoms with Crippen LogP contribution >= 0.6 is 23.2 Å². The maximum Gasteiger partial charge on any atom is 0.133 e. The van der Waals surface area contributed by atoms with E-state index in [1.807, 2.05) is 55.5 Å². The molecule has 0 bridgehead atoms. The number of amidine groups is 1. The second kappa shape index (κ2) is 8.44. The summed E-state index contributed by atoms with van der Waals surface area (Å²) in [7, 11) is 0. The van der Waals surface area contributed by atoms with Crippen molar-refractivity contribution < 1.29 is 9.13 Å². The van der Waals surface area contributed by atoms with Gasteiger partial charge in [-0.3, -0.25) is 4.99 Å². The van der Waals surface area contributed by atoms with Crippen LogP contribution in [0.1, 0.15) is 35.7 Å². The third-order valence-electron chi connectivity index (χ3n) is 4.82. The van der Waals surface area contributed by atoms with Gasteiger partial charge in [0.15, 0.2) is 0 Å². The van der Waals surface area contributed by atoms with E-state index in [0.717, 1.165) is 16.7 Å². The van der Waals surface area contributed by atoms with E-state index in [-0.39, 0.29) is 17.9 Å². The normalized spacial score (nSPS) is 18.3. The Morgan fingerprint density at radius 1 is 0.931 bits per heavy atom. The van der Waals surface area contributed by atoms with Crippen molar-refractivity contribution in [2.24, 2.45) is 4.99 Å². The molecule has 0 spiro atoms. The number of benzene rings is 3.